The molecule has 0 aliphatic heterocycles. The van der Waals surface area contributed by atoms with Gasteiger partial charge in [0.15, 0.2) is 0 Å². The largest absolute Gasteiger partial charge is 0.396 e. The van der Waals surface area contributed by atoms with Gasteiger partial charge in [-0.1, -0.05) is 32.0 Å². The topological polar surface area (TPSA) is 20.2 Å². The van der Waals surface area contributed by atoms with Crippen LogP contribution in [0.25, 0.3) is 0 Å². The van der Waals surface area contributed by atoms with E-state index in [9.17, 15) is 9.50 Å². The summed E-state index contributed by atoms with van der Waals surface area (Å²) in [6.45, 7) is 4.36. The van der Waals surface area contributed by atoms with Crippen molar-refractivity contribution in [2.24, 2.45) is 11.8 Å². The molecule has 1 atom stereocenters. The Kier molecular flexibility index (Phi) is 4.76. The van der Waals surface area contributed by atoms with Crippen molar-refractivity contribution in [3.8, 4) is 0 Å². The van der Waals surface area contributed by atoms with Gasteiger partial charge in [-0.3, -0.25) is 0 Å². The first-order valence-electron chi connectivity index (χ1n) is 5.47. The Bertz CT molecular complexity index is 296. The van der Waals surface area contributed by atoms with Crippen LogP contribution < -0.4 is 0 Å². The Morgan fingerprint density at radius 1 is 1.27 bits per heavy atom. The molecule has 15 heavy (non-hydrogen) atoms. The number of halogens is 1. The van der Waals surface area contributed by atoms with Crippen molar-refractivity contribution in [1.29, 1.82) is 0 Å². The van der Waals surface area contributed by atoms with E-state index < -0.39 is 0 Å². The van der Waals surface area contributed by atoms with Gasteiger partial charge in [0.25, 0.3) is 0 Å². The lowest BCUT2D eigenvalue weighted by Gasteiger charge is -2.16. The summed E-state index contributed by atoms with van der Waals surface area (Å²) >= 11 is 0. The fourth-order valence-corrected chi connectivity index (χ4v) is 1.86. The molecule has 2 heteroatoms. The standard InChI is InChI=1S/C13H19FO/c1-10(2)7-11(9-15)8-12-5-3-4-6-13(12)14/h3-6,10-11,15H,7-9H2,1-2H3. The van der Waals surface area contributed by atoms with Gasteiger partial charge in [-0.15, -0.1) is 0 Å². The molecule has 1 rings (SSSR count). The van der Waals surface area contributed by atoms with Gasteiger partial charge in [0.1, 0.15) is 5.82 Å². The van der Waals surface area contributed by atoms with Gasteiger partial charge in [0.05, 0.1) is 0 Å². The van der Waals surface area contributed by atoms with Crippen molar-refractivity contribution in [2.45, 2.75) is 26.7 Å². The van der Waals surface area contributed by atoms with E-state index in [2.05, 4.69) is 13.8 Å². The van der Waals surface area contributed by atoms with Crippen LogP contribution in [0.4, 0.5) is 4.39 Å². The van der Waals surface area contributed by atoms with Crippen molar-refractivity contribution in [1.82, 2.24) is 0 Å². The van der Waals surface area contributed by atoms with Gasteiger partial charge in [-0.2, -0.15) is 0 Å². The van der Waals surface area contributed by atoms with E-state index in [-0.39, 0.29) is 18.3 Å². The number of benzene rings is 1. The Labute approximate surface area is 90.9 Å². The normalized spacial score (nSPS) is 13.1. The first-order valence-corrected chi connectivity index (χ1v) is 5.47. The molecular weight excluding hydrogens is 191 g/mol. The zero-order valence-electron chi connectivity index (χ0n) is 9.41. The molecule has 1 aromatic carbocycles. The van der Waals surface area contributed by atoms with E-state index in [0.29, 0.717) is 17.9 Å². The highest BCUT2D eigenvalue weighted by Gasteiger charge is 2.12. The molecule has 1 N–H and O–H groups in total. The SMILES string of the molecule is CC(C)CC(CO)Cc1ccccc1F. The van der Waals surface area contributed by atoms with Crippen LogP contribution in [-0.4, -0.2) is 11.7 Å². The molecule has 84 valence electrons. The second kappa shape index (κ2) is 5.86. The van der Waals surface area contributed by atoms with E-state index in [4.69, 9.17) is 0 Å². The molecule has 0 fully saturated rings. The monoisotopic (exact) mass is 210 g/mol. The average Bonchev–Trinajstić information content (AvgIpc) is 2.19. The number of aliphatic hydroxyl groups excluding tert-OH is 1. The van der Waals surface area contributed by atoms with Crippen molar-refractivity contribution in [3.63, 3.8) is 0 Å². The summed E-state index contributed by atoms with van der Waals surface area (Å²) < 4.78 is 13.3. The Hall–Kier alpha value is -0.890. The fourth-order valence-electron chi connectivity index (χ4n) is 1.86. The van der Waals surface area contributed by atoms with E-state index >= 15 is 0 Å². The van der Waals surface area contributed by atoms with Gasteiger partial charge >= 0.3 is 0 Å². The minimum Gasteiger partial charge on any atom is -0.396 e. The van der Waals surface area contributed by atoms with Crippen LogP contribution in [0, 0.1) is 17.7 Å². The minimum absolute atomic E-state index is 0.131. The van der Waals surface area contributed by atoms with Crippen molar-refractivity contribution in [3.05, 3.63) is 35.6 Å². The first kappa shape index (κ1) is 12.2. The van der Waals surface area contributed by atoms with Gasteiger partial charge in [0, 0.05) is 6.61 Å². The maximum atomic E-state index is 13.3. The van der Waals surface area contributed by atoms with E-state index in [1.165, 1.54) is 6.07 Å². The van der Waals surface area contributed by atoms with Crippen LogP contribution in [0.1, 0.15) is 25.8 Å². The number of hydrogen-bond donors (Lipinski definition) is 1. The molecule has 0 heterocycles. The molecule has 0 amide bonds. The molecular formula is C13H19FO. The van der Waals surface area contributed by atoms with Gasteiger partial charge in [-0.25, -0.2) is 4.39 Å². The van der Waals surface area contributed by atoms with Crippen LogP contribution >= 0.6 is 0 Å². The number of rotatable bonds is 5. The van der Waals surface area contributed by atoms with Crippen LogP contribution in [0.5, 0.6) is 0 Å². The van der Waals surface area contributed by atoms with Crippen molar-refractivity contribution >= 4 is 0 Å². The second-order valence-electron chi connectivity index (χ2n) is 4.47. The molecule has 0 aliphatic rings. The number of aliphatic hydroxyl groups is 1. The third-order valence-electron chi connectivity index (χ3n) is 2.53. The second-order valence-corrected chi connectivity index (χ2v) is 4.47. The highest BCUT2D eigenvalue weighted by atomic mass is 19.1. The molecule has 0 spiro atoms. The maximum Gasteiger partial charge on any atom is 0.126 e. The summed E-state index contributed by atoms with van der Waals surface area (Å²) in [6.07, 6.45) is 1.56. The Balaban J connectivity index is 2.62. The lowest BCUT2D eigenvalue weighted by Crippen LogP contribution is -2.13. The van der Waals surface area contributed by atoms with Crippen molar-refractivity contribution < 1.29 is 9.50 Å². The lowest BCUT2D eigenvalue weighted by molar-refractivity contribution is 0.204. The highest BCUT2D eigenvalue weighted by Crippen LogP contribution is 2.18. The molecule has 0 saturated heterocycles. The summed E-state index contributed by atoms with van der Waals surface area (Å²) in [7, 11) is 0. The summed E-state index contributed by atoms with van der Waals surface area (Å²) in [6, 6.07) is 6.79. The smallest absolute Gasteiger partial charge is 0.126 e. The molecule has 0 aliphatic carbocycles. The Morgan fingerprint density at radius 2 is 1.93 bits per heavy atom. The molecule has 1 nitrogen and oxygen atoms in total. The van der Waals surface area contributed by atoms with Crippen LogP contribution in [0.2, 0.25) is 0 Å². The Morgan fingerprint density at radius 3 is 2.47 bits per heavy atom. The van der Waals surface area contributed by atoms with Crippen LogP contribution in [0.3, 0.4) is 0 Å². The van der Waals surface area contributed by atoms with Crippen LogP contribution in [-0.2, 0) is 6.42 Å². The van der Waals surface area contributed by atoms with Gasteiger partial charge < -0.3 is 5.11 Å². The summed E-state index contributed by atoms with van der Waals surface area (Å²) in [4.78, 5) is 0. The molecule has 1 aromatic rings. The third kappa shape index (κ3) is 4.00. The van der Waals surface area contributed by atoms with Gasteiger partial charge in [-0.05, 0) is 36.3 Å². The summed E-state index contributed by atoms with van der Waals surface area (Å²) in [5, 5.41) is 9.20. The van der Waals surface area contributed by atoms with E-state index in [1.807, 2.05) is 6.07 Å². The molecule has 0 radical (unpaired) electrons. The maximum absolute atomic E-state index is 13.3. The predicted molar refractivity (Wildman–Crippen MR) is 60.1 cm³/mol. The van der Waals surface area contributed by atoms with Crippen molar-refractivity contribution in [2.75, 3.05) is 6.61 Å². The zero-order valence-corrected chi connectivity index (χ0v) is 9.41. The van der Waals surface area contributed by atoms with E-state index in [0.717, 1.165) is 6.42 Å². The molecule has 0 bridgehead atoms. The van der Waals surface area contributed by atoms with Gasteiger partial charge in [0.2, 0.25) is 0 Å². The number of hydrogen-bond acceptors (Lipinski definition) is 1. The summed E-state index contributed by atoms with van der Waals surface area (Å²) in [5.41, 5.74) is 0.706. The van der Waals surface area contributed by atoms with E-state index in [1.54, 1.807) is 12.1 Å². The quantitative estimate of drug-likeness (QED) is 0.792. The van der Waals surface area contributed by atoms with Crippen LogP contribution in [0.15, 0.2) is 24.3 Å². The highest BCUT2D eigenvalue weighted by molar-refractivity contribution is 5.17. The average molecular weight is 210 g/mol. The molecule has 1 unspecified atom stereocenters. The molecule has 0 aromatic heterocycles. The zero-order chi connectivity index (χ0) is 11.3. The fraction of sp³-hybridized carbons (Fsp3) is 0.538. The third-order valence-corrected chi connectivity index (χ3v) is 2.53. The lowest BCUT2D eigenvalue weighted by atomic mass is 9.91. The first-order chi connectivity index (χ1) is 7.13. The predicted octanol–water partition coefficient (Wildman–Crippen LogP) is 3.02. The summed E-state index contributed by atoms with van der Waals surface area (Å²) in [5.74, 6) is 0.538. The molecule has 0 saturated carbocycles. The minimum atomic E-state index is -0.167.